The number of hydrogen-bond donors (Lipinski definition) is 0. The minimum absolute atomic E-state index is 0.523. The zero-order valence-corrected chi connectivity index (χ0v) is 9.84. The number of carbonyl (C=O) groups is 1. The molecule has 0 saturated heterocycles. The van der Waals surface area contributed by atoms with Crippen molar-refractivity contribution in [3.8, 4) is 0 Å². The fourth-order valence-electron chi connectivity index (χ4n) is 3.31. The summed E-state index contributed by atoms with van der Waals surface area (Å²) in [4.78, 5) is 11.3. The fraction of sp³-hybridized carbons (Fsp3) is 0.929. The molecule has 2 rings (SSSR count). The minimum Gasteiger partial charge on any atom is -0.300 e. The molecular formula is C14H24O. The lowest BCUT2D eigenvalue weighted by atomic mass is 9.80. The van der Waals surface area contributed by atoms with Crippen molar-refractivity contribution in [1.82, 2.24) is 0 Å². The molecule has 0 heterocycles. The molecule has 2 aliphatic carbocycles. The first-order valence-electron chi connectivity index (χ1n) is 6.86. The van der Waals surface area contributed by atoms with Crippen LogP contribution in [0.4, 0.5) is 0 Å². The highest BCUT2D eigenvalue weighted by Gasteiger charge is 2.21. The topological polar surface area (TPSA) is 17.1 Å². The summed E-state index contributed by atoms with van der Waals surface area (Å²) in [5.74, 6) is 2.26. The first kappa shape index (κ1) is 11.2. The highest BCUT2D eigenvalue weighted by Crippen LogP contribution is 2.32. The lowest BCUT2D eigenvalue weighted by Crippen LogP contribution is -2.16. The maximum absolute atomic E-state index is 11.3. The Bertz CT molecular complexity index is 203. The van der Waals surface area contributed by atoms with Crippen molar-refractivity contribution in [2.45, 2.75) is 70.6 Å². The third-order valence-corrected chi connectivity index (χ3v) is 4.29. The van der Waals surface area contributed by atoms with Crippen molar-refractivity contribution >= 4 is 5.78 Å². The first-order valence-corrected chi connectivity index (χ1v) is 6.86. The molecule has 0 aromatic heterocycles. The minimum atomic E-state index is 0.523. The van der Waals surface area contributed by atoms with Gasteiger partial charge in [-0.1, -0.05) is 38.5 Å². The van der Waals surface area contributed by atoms with Crippen LogP contribution >= 0.6 is 0 Å². The molecule has 0 radical (unpaired) electrons. The quantitative estimate of drug-likeness (QED) is 0.682. The second kappa shape index (κ2) is 5.67. The van der Waals surface area contributed by atoms with Gasteiger partial charge in [0.25, 0.3) is 0 Å². The molecular weight excluding hydrogens is 184 g/mol. The molecule has 0 aliphatic heterocycles. The molecule has 86 valence electrons. The van der Waals surface area contributed by atoms with E-state index in [9.17, 15) is 4.79 Å². The van der Waals surface area contributed by atoms with Crippen LogP contribution < -0.4 is 0 Å². The Hall–Kier alpha value is -0.330. The summed E-state index contributed by atoms with van der Waals surface area (Å²) in [7, 11) is 0. The summed E-state index contributed by atoms with van der Waals surface area (Å²) in [6, 6.07) is 0. The van der Waals surface area contributed by atoms with Crippen molar-refractivity contribution in [3.63, 3.8) is 0 Å². The number of carbonyl (C=O) groups excluding carboxylic acids is 1. The molecule has 0 spiro atoms. The molecule has 2 aliphatic rings. The summed E-state index contributed by atoms with van der Waals surface area (Å²) >= 11 is 0. The van der Waals surface area contributed by atoms with E-state index in [2.05, 4.69) is 0 Å². The summed E-state index contributed by atoms with van der Waals surface area (Å²) < 4.78 is 0. The molecule has 15 heavy (non-hydrogen) atoms. The van der Waals surface area contributed by atoms with Crippen LogP contribution in [0.3, 0.4) is 0 Å². The van der Waals surface area contributed by atoms with Gasteiger partial charge in [-0.3, -0.25) is 4.79 Å². The predicted molar refractivity (Wildman–Crippen MR) is 62.8 cm³/mol. The van der Waals surface area contributed by atoms with E-state index in [1.54, 1.807) is 0 Å². The van der Waals surface area contributed by atoms with Gasteiger partial charge in [0, 0.05) is 12.8 Å². The standard InChI is InChI=1S/C14H24O/c15-14-8-4-7-13(11-14)10-9-12-5-2-1-3-6-12/h12-13H,1-11H2. The predicted octanol–water partition coefficient (Wildman–Crippen LogP) is 4.11. The third kappa shape index (κ3) is 3.62. The van der Waals surface area contributed by atoms with Crippen molar-refractivity contribution < 1.29 is 4.79 Å². The molecule has 0 bridgehead atoms. The second-order valence-corrected chi connectivity index (χ2v) is 5.58. The molecule has 1 atom stereocenters. The van der Waals surface area contributed by atoms with Crippen molar-refractivity contribution in [2.75, 3.05) is 0 Å². The summed E-state index contributed by atoms with van der Waals surface area (Å²) in [6.07, 6.45) is 14.2. The Balaban J connectivity index is 1.65. The van der Waals surface area contributed by atoms with Crippen molar-refractivity contribution in [1.29, 1.82) is 0 Å². The van der Waals surface area contributed by atoms with Crippen LogP contribution in [-0.4, -0.2) is 5.78 Å². The lowest BCUT2D eigenvalue weighted by Gasteiger charge is -2.25. The van der Waals surface area contributed by atoms with E-state index in [1.165, 1.54) is 51.4 Å². The number of rotatable bonds is 3. The second-order valence-electron chi connectivity index (χ2n) is 5.58. The van der Waals surface area contributed by atoms with E-state index in [0.29, 0.717) is 5.78 Å². The first-order chi connectivity index (χ1) is 7.34. The molecule has 0 N–H and O–H groups in total. The highest BCUT2D eigenvalue weighted by molar-refractivity contribution is 5.79. The Kier molecular flexibility index (Phi) is 4.22. The Morgan fingerprint density at radius 3 is 2.27 bits per heavy atom. The summed E-state index contributed by atoms with van der Waals surface area (Å²) in [6.45, 7) is 0. The Morgan fingerprint density at radius 1 is 0.867 bits per heavy atom. The van der Waals surface area contributed by atoms with Gasteiger partial charge < -0.3 is 0 Å². The van der Waals surface area contributed by atoms with Gasteiger partial charge in [-0.2, -0.15) is 0 Å². The van der Waals surface area contributed by atoms with Gasteiger partial charge >= 0.3 is 0 Å². The largest absolute Gasteiger partial charge is 0.300 e. The molecule has 1 nitrogen and oxygen atoms in total. The molecule has 0 aromatic carbocycles. The zero-order chi connectivity index (χ0) is 10.5. The van der Waals surface area contributed by atoms with E-state index in [1.807, 2.05) is 0 Å². The number of Topliss-reactive ketones (excluding diaryl/α,β-unsaturated/α-hetero) is 1. The van der Waals surface area contributed by atoms with Gasteiger partial charge in [0.15, 0.2) is 0 Å². The molecule has 1 unspecified atom stereocenters. The van der Waals surface area contributed by atoms with Gasteiger partial charge in [0.05, 0.1) is 0 Å². The molecule has 0 amide bonds. The van der Waals surface area contributed by atoms with Crippen LogP contribution in [0.25, 0.3) is 0 Å². The third-order valence-electron chi connectivity index (χ3n) is 4.29. The van der Waals surface area contributed by atoms with Crippen LogP contribution in [0.15, 0.2) is 0 Å². The molecule has 2 fully saturated rings. The maximum atomic E-state index is 11.3. The Morgan fingerprint density at radius 2 is 1.53 bits per heavy atom. The summed E-state index contributed by atoms with van der Waals surface area (Å²) in [5, 5.41) is 0. The van der Waals surface area contributed by atoms with E-state index in [4.69, 9.17) is 0 Å². The monoisotopic (exact) mass is 208 g/mol. The lowest BCUT2D eigenvalue weighted by molar-refractivity contribution is -0.121. The highest BCUT2D eigenvalue weighted by atomic mass is 16.1. The van der Waals surface area contributed by atoms with Crippen LogP contribution in [0, 0.1) is 11.8 Å². The van der Waals surface area contributed by atoms with Crippen LogP contribution in [-0.2, 0) is 4.79 Å². The van der Waals surface area contributed by atoms with Gasteiger partial charge in [-0.25, -0.2) is 0 Å². The van der Waals surface area contributed by atoms with Gasteiger partial charge in [0.1, 0.15) is 5.78 Å². The van der Waals surface area contributed by atoms with E-state index >= 15 is 0 Å². The van der Waals surface area contributed by atoms with Gasteiger partial charge in [-0.15, -0.1) is 0 Å². The van der Waals surface area contributed by atoms with E-state index in [-0.39, 0.29) is 0 Å². The van der Waals surface area contributed by atoms with Crippen molar-refractivity contribution in [3.05, 3.63) is 0 Å². The number of ketones is 1. The maximum Gasteiger partial charge on any atom is 0.133 e. The SMILES string of the molecule is O=C1CCCC(CCC2CCCCC2)C1. The van der Waals surface area contributed by atoms with E-state index < -0.39 is 0 Å². The zero-order valence-electron chi connectivity index (χ0n) is 9.84. The fourth-order valence-corrected chi connectivity index (χ4v) is 3.31. The Labute approximate surface area is 93.6 Å². The van der Waals surface area contributed by atoms with Gasteiger partial charge in [0.2, 0.25) is 0 Å². The average Bonchev–Trinajstić information content (AvgIpc) is 2.28. The summed E-state index contributed by atoms with van der Waals surface area (Å²) in [5.41, 5.74) is 0. The van der Waals surface area contributed by atoms with Gasteiger partial charge in [-0.05, 0) is 31.1 Å². The average molecular weight is 208 g/mol. The van der Waals surface area contributed by atoms with Crippen molar-refractivity contribution in [2.24, 2.45) is 11.8 Å². The molecule has 1 heteroatoms. The van der Waals surface area contributed by atoms with Crippen LogP contribution in [0.5, 0.6) is 0 Å². The van der Waals surface area contributed by atoms with Crippen LogP contribution in [0.1, 0.15) is 70.6 Å². The van der Waals surface area contributed by atoms with E-state index in [0.717, 1.165) is 31.1 Å². The molecule has 2 saturated carbocycles. The molecule has 0 aromatic rings. The smallest absolute Gasteiger partial charge is 0.133 e. The van der Waals surface area contributed by atoms with Crippen LogP contribution in [0.2, 0.25) is 0 Å². The normalized spacial score (nSPS) is 29.3. The number of hydrogen-bond acceptors (Lipinski definition) is 1.